The fourth-order valence-electron chi connectivity index (χ4n) is 5.33. The molecule has 1 heterocycles. The van der Waals surface area contributed by atoms with Crippen LogP contribution in [0.3, 0.4) is 0 Å². The molecule has 33 heavy (non-hydrogen) atoms. The van der Waals surface area contributed by atoms with Crippen LogP contribution in [0, 0.1) is 0 Å². The quantitative estimate of drug-likeness (QED) is 0.321. The molecule has 0 fully saturated rings. The molecule has 1 aliphatic rings. The number of hydrogen-bond acceptors (Lipinski definition) is 2. The van der Waals surface area contributed by atoms with Crippen molar-refractivity contribution in [1.82, 2.24) is 0 Å². The zero-order valence-electron chi connectivity index (χ0n) is 18.1. The van der Waals surface area contributed by atoms with Gasteiger partial charge in [-0.05, 0) is 34.0 Å². The number of para-hydroxylation sites is 1. The van der Waals surface area contributed by atoms with E-state index >= 15 is 0 Å². The molecule has 0 unspecified atom stereocenters. The monoisotopic (exact) mass is 428 g/mol. The molecule has 0 saturated carbocycles. The topological polar surface area (TPSA) is 29.5 Å². The molecule has 1 aliphatic heterocycles. The normalized spacial score (nSPS) is 19.6. The predicted molar refractivity (Wildman–Crippen MR) is 133 cm³/mol. The molecule has 2 nitrogen and oxygen atoms in total. The summed E-state index contributed by atoms with van der Waals surface area (Å²) >= 11 is 0. The molecule has 0 saturated heterocycles. The summed E-state index contributed by atoms with van der Waals surface area (Å²) in [5.41, 5.74) is 4.45. The molecule has 5 aromatic carbocycles. The lowest BCUT2D eigenvalue weighted by Gasteiger charge is -2.41. The van der Waals surface area contributed by atoms with Gasteiger partial charge < -0.3 is 9.84 Å². The van der Waals surface area contributed by atoms with Gasteiger partial charge in [-0.2, -0.15) is 0 Å². The van der Waals surface area contributed by atoms with Crippen LogP contribution in [-0.4, -0.2) is 5.11 Å². The Kier molecular flexibility index (Phi) is 4.84. The summed E-state index contributed by atoms with van der Waals surface area (Å²) in [6, 6.07) is 41.5. The summed E-state index contributed by atoms with van der Waals surface area (Å²) in [6.07, 6.45) is -0.349. The maximum Gasteiger partial charge on any atom is 0.136 e. The van der Waals surface area contributed by atoms with E-state index in [1.165, 1.54) is 16.7 Å². The fourth-order valence-corrected chi connectivity index (χ4v) is 5.33. The number of ether oxygens (including phenoxy) is 1. The second kappa shape index (κ2) is 8.14. The van der Waals surface area contributed by atoms with Gasteiger partial charge in [0.05, 0.1) is 0 Å². The van der Waals surface area contributed by atoms with Gasteiger partial charge >= 0.3 is 0 Å². The third-order valence-corrected chi connectivity index (χ3v) is 6.77. The second-order valence-electron chi connectivity index (χ2n) is 8.62. The minimum atomic E-state index is -0.349. The van der Waals surface area contributed by atoms with Crippen molar-refractivity contribution in [2.45, 2.75) is 17.9 Å². The van der Waals surface area contributed by atoms with Crippen LogP contribution in [0.15, 0.2) is 121 Å². The molecule has 160 valence electrons. The average Bonchev–Trinajstić information content (AvgIpc) is 2.88. The third-order valence-electron chi connectivity index (χ3n) is 6.77. The summed E-state index contributed by atoms with van der Waals surface area (Å²) in [5.74, 6) is 1.21. The molecule has 6 rings (SSSR count). The molecule has 0 spiro atoms. The largest absolute Gasteiger partial charge is 0.508 e. The molecule has 3 atom stereocenters. The molecule has 1 N–H and O–H groups in total. The van der Waals surface area contributed by atoms with E-state index in [9.17, 15) is 5.11 Å². The van der Waals surface area contributed by atoms with Crippen molar-refractivity contribution in [3.63, 3.8) is 0 Å². The second-order valence-corrected chi connectivity index (χ2v) is 8.62. The SMILES string of the molecule is Oc1ccc2ccccc2c1[C@@H]1Oc2ccccc2[C@@H](c2ccccc2)[C@H]1c1ccccc1. The van der Waals surface area contributed by atoms with E-state index in [4.69, 9.17) is 4.74 Å². The van der Waals surface area contributed by atoms with E-state index in [0.717, 1.165) is 22.1 Å². The van der Waals surface area contributed by atoms with Gasteiger partial charge in [-0.3, -0.25) is 0 Å². The Morgan fingerprint density at radius 1 is 0.576 bits per heavy atom. The van der Waals surface area contributed by atoms with Crippen LogP contribution in [0.1, 0.15) is 40.2 Å². The van der Waals surface area contributed by atoms with Crippen molar-refractivity contribution >= 4 is 10.8 Å². The van der Waals surface area contributed by atoms with Crippen molar-refractivity contribution in [1.29, 1.82) is 0 Å². The number of benzene rings is 5. The number of phenols is 1. The smallest absolute Gasteiger partial charge is 0.136 e. The van der Waals surface area contributed by atoms with Gasteiger partial charge in [-0.1, -0.05) is 109 Å². The number of hydrogen-bond donors (Lipinski definition) is 1. The lowest BCUT2D eigenvalue weighted by Crippen LogP contribution is -2.29. The van der Waals surface area contributed by atoms with Crippen molar-refractivity contribution < 1.29 is 9.84 Å². The standard InChI is InChI=1S/C31H24O2/c32-26-20-19-21-11-7-8-16-24(21)30(26)31-29(23-14-5-2-6-15-23)28(22-12-3-1-4-13-22)25-17-9-10-18-27(25)33-31/h1-20,28-29,31-32H/t28-,29-,31-/m1/s1. The van der Waals surface area contributed by atoms with Crippen molar-refractivity contribution in [2.75, 3.05) is 0 Å². The Morgan fingerprint density at radius 2 is 1.21 bits per heavy atom. The van der Waals surface area contributed by atoms with Crippen molar-refractivity contribution in [3.05, 3.63) is 144 Å². The Morgan fingerprint density at radius 3 is 2.00 bits per heavy atom. The van der Waals surface area contributed by atoms with Crippen LogP contribution >= 0.6 is 0 Å². The first kappa shape index (κ1) is 19.6. The molecule has 0 aromatic heterocycles. The first-order valence-corrected chi connectivity index (χ1v) is 11.4. The van der Waals surface area contributed by atoms with Crippen molar-refractivity contribution in [3.8, 4) is 11.5 Å². The van der Waals surface area contributed by atoms with Gasteiger partial charge in [0, 0.05) is 23.0 Å². The van der Waals surface area contributed by atoms with Crippen molar-refractivity contribution in [2.24, 2.45) is 0 Å². The van der Waals surface area contributed by atoms with E-state index in [0.29, 0.717) is 0 Å². The van der Waals surface area contributed by atoms with Gasteiger partial charge in [0.1, 0.15) is 17.6 Å². The molecule has 0 amide bonds. The minimum absolute atomic E-state index is 0.0137. The summed E-state index contributed by atoms with van der Waals surface area (Å²) in [6.45, 7) is 0. The first-order valence-electron chi connectivity index (χ1n) is 11.4. The number of phenolic OH excluding ortho intramolecular Hbond substituents is 1. The Hall–Kier alpha value is -4.04. The van der Waals surface area contributed by atoms with Crippen LogP contribution in [0.5, 0.6) is 11.5 Å². The molecule has 0 aliphatic carbocycles. The molecule has 2 heteroatoms. The van der Waals surface area contributed by atoms with Crippen LogP contribution in [0.4, 0.5) is 0 Å². The number of fused-ring (bicyclic) bond motifs is 2. The molecular weight excluding hydrogens is 404 g/mol. The zero-order valence-corrected chi connectivity index (χ0v) is 18.1. The summed E-state index contributed by atoms with van der Waals surface area (Å²) in [7, 11) is 0. The van der Waals surface area contributed by atoms with E-state index in [2.05, 4.69) is 78.9 Å². The lowest BCUT2D eigenvalue weighted by atomic mass is 9.70. The number of aromatic hydroxyl groups is 1. The van der Waals surface area contributed by atoms with Crippen LogP contribution < -0.4 is 4.74 Å². The van der Waals surface area contributed by atoms with Gasteiger partial charge in [0.25, 0.3) is 0 Å². The highest BCUT2D eigenvalue weighted by molar-refractivity contribution is 5.88. The molecule has 0 bridgehead atoms. The molecule has 5 aromatic rings. The molecular formula is C31H24O2. The Bertz CT molecular complexity index is 1410. The highest BCUT2D eigenvalue weighted by Crippen LogP contribution is 2.55. The third kappa shape index (κ3) is 3.35. The van der Waals surface area contributed by atoms with Gasteiger partial charge in [0.2, 0.25) is 0 Å². The highest BCUT2D eigenvalue weighted by atomic mass is 16.5. The maximum atomic E-state index is 11.2. The fraction of sp³-hybridized carbons (Fsp3) is 0.0968. The summed E-state index contributed by atoms with van der Waals surface area (Å²) in [5, 5.41) is 13.3. The first-order chi connectivity index (χ1) is 16.3. The van der Waals surface area contributed by atoms with E-state index in [1.807, 2.05) is 36.4 Å². The summed E-state index contributed by atoms with van der Waals surface area (Å²) < 4.78 is 6.77. The lowest BCUT2D eigenvalue weighted by molar-refractivity contribution is 0.139. The maximum absolute atomic E-state index is 11.2. The molecule has 0 radical (unpaired) electrons. The van der Waals surface area contributed by atoms with E-state index in [-0.39, 0.29) is 23.7 Å². The van der Waals surface area contributed by atoms with Gasteiger partial charge in [-0.25, -0.2) is 0 Å². The van der Waals surface area contributed by atoms with Gasteiger partial charge in [-0.15, -0.1) is 0 Å². The number of rotatable bonds is 3. The Balaban J connectivity index is 1.66. The van der Waals surface area contributed by atoms with E-state index < -0.39 is 0 Å². The van der Waals surface area contributed by atoms with E-state index in [1.54, 1.807) is 6.07 Å². The van der Waals surface area contributed by atoms with Crippen LogP contribution in [-0.2, 0) is 0 Å². The zero-order chi connectivity index (χ0) is 22.2. The Labute approximate surface area is 193 Å². The minimum Gasteiger partial charge on any atom is -0.508 e. The predicted octanol–water partition coefficient (Wildman–Crippen LogP) is 7.59. The highest BCUT2D eigenvalue weighted by Gasteiger charge is 2.42. The van der Waals surface area contributed by atoms with Crippen LogP contribution in [0.2, 0.25) is 0 Å². The summed E-state index contributed by atoms with van der Waals surface area (Å²) in [4.78, 5) is 0. The van der Waals surface area contributed by atoms with Crippen LogP contribution in [0.25, 0.3) is 10.8 Å². The van der Waals surface area contributed by atoms with Gasteiger partial charge in [0.15, 0.2) is 0 Å². The average molecular weight is 429 g/mol.